The summed E-state index contributed by atoms with van der Waals surface area (Å²) in [5.41, 5.74) is 4.47. The Bertz CT molecular complexity index is 1270. The predicted molar refractivity (Wildman–Crippen MR) is 149 cm³/mol. The molecule has 3 aliphatic rings. The van der Waals surface area contributed by atoms with E-state index in [4.69, 9.17) is 4.98 Å². The number of nitrogens with zero attached hydrogens (tertiary/aromatic N) is 2. The number of hydrogen-bond acceptors (Lipinski definition) is 2. The highest BCUT2D eigenvalue weighted by Gasteiger charge is 2.35. The lowest BCUT2D eigenvalue weighted by Gasteiger charge is -2.36. The minimum atomic E-state index is -0.291. The molecule has 2 amide bonds. The fraction of sp³-hybridized carbons (Fsp3) is 0.500. The number of urea groups is 1. The van der Waals surface area contributed by atoms with Crippen LogP contribution in [0.3, 0.4) is 0 Å². The Morgan fingerprint density at radius 3 is 2.22 bits per heavy atom. The van der Waals surface area contributed by atoms with Crippen LogP contribution in [0.2, 0.25) is 0 Å². The normalized spacial score (nSPS) is 19.2. The molecule has 1 aromatic heterocycles. The Morgan fingerprint density at radius 2 is 1.54 bits per heavy atom. The van der Waals surface area contributed by atoms with Crippen molar-refractivity contribution in [1.29, 1.82) is 0 Å². The lowest BCUT2D eigenvalue weighted by atomic mass is 9.92. The van der Waals surface area contributed by atoms with Gasteiger partial charge in [-0.3, -0.25) is 4.90 Å². The van der Waals surface area contributed by atoms with Gasteiger partial charge in [0.05, 0.1) is 5.69 Å². The van der Waals surface area contributed by atoms with Gasteiger partial charge in [-0.1, -0.05) is 74.4 Å². The maximum atomic E-state index is 14.8. The van der Waals surface area contributed by atoms with Crippen LogP contribution < -0.4 is 10.2 Å². The molecule has 0 atom stereocenters. The number of aromatic nitrogens is 1. The van der Waals surface area contributed by atoms with Gasteiger partial charge in [0.25, 0.3) is 0 Å². The van der Waals surface area contributed by atoms with Crippen LogP contribution in [0, 0.1) is 12.7 Å². The number of carbonyl (C=O) groups excluding carboxylic acids is 1. The van der Waals surface area contributed by atoms with Crippen molar-refractivity contribution >= 4 is 22.6 Å². The van der Waals surface area contributed by atoms with Gasteiger partial charge in [-0.2, -0.15) is 0 Å². The zero-order chi connectivity index (χ0) is 25.4. The molecule has 3 fully saturated rings. The van der Waals surface area contributed by atoms with Crippen molar-refractivity contribution < 1.29 is 9.18 Å². The summed E-state index contributed by atoms with van der Waals surface area (Å²) in [6.07, 6.45) is 13.2. The Labute approximate surface area is 219 Å². The highest BCUT2D eigenvalue weighted by Crippen LogP contribution is 2.48. The molecule has 3 aromatic rings. The average Bonchev–Trinajstić information content (AvgIpc) is 3.76. The Kier molecular flexibility index (Phi) is 6.88. The van der Waals surface area contributed by atoms with Gasteiger partial charge < -0.3 is 5.32 Å². The average molecular weight is 500 g/mol. The number of anilines is 1. The first-order valence-corrected chi connectivity index (χ1v) is 14.4. The Morgan fingerprint density at radius 1 is 0.865 bits per heavy atom. The van der Waals surface area contributed by atoms with E-state index in [2.05, 4.69) is 36.5 Å². The monoisotopic (exact) mass is 499 g/mol. The van der Waals surface area contributed by atoms with Crippen LogP contribution in [0.1, 0.15) is 94.2 Å². The third-order valence-electron chi connectivity index (χ3n) is 8.60. The first-order chi connectivity index (χ1) is 18.1. The molecule has 0 spiro atoms. The van der Waals surface area contributed by atoms with Crippen molar-refractivity contribution in [2.45, 2.75) is 102 Å². The van der Waals surface area contributed by atoms with Gasteiger partial charge in [-0.05, 0) is 68.5 Å². The lowest BCUT2D eigenvalue weighted by Crippen LogP contribution is -2.51. The predicted octanol–water partition coefficient (Wildman–Crippen LogP) is 8.41. The topological polar surface area (TPSA) is 45.2 Å². The van der Waals surface area contributed by atoms with Crippen LogP contribution in [0.25, 0.3) is 21.9 Å². The molecule has 1 heterocycles. The molecule has 6 rings (SSSR count). The highest BCUT2D eigenvalue weighted by atomic mass is 19.1. The number of aryl methyl sites for hydroxylation is 1. The zero-order valence-corrected chi connectivity index (χ0v) is 21.9. The second kappa shape index (κ2) is 10.4. The van der Waals surface area contributed by atoms with E-state index in [1.54, 1.807) is 12.1 Å². The molecule has 0 aliphatic heterocycles. The molecule has 2 aromatic carbocycles. The van der Waals surface area contributed by atoms with Gasteiger partial charge in [0.1, 0.15) is 11.6 Å². The van der Waals surface area contributed by atoms with Crippen molar-refractivity contribution in [3.05, 3.63) is 59.5 Å². The number of nitrogens with one attached hydrogen (secondary N) is 1. The molecule has 0 bridgehead atoms. The SMILES string of the molecule is Cc1ccc(-c2c(C3CC3)nc(N(C(=O)NC3CCCCC3)C3CCCCC3)c3cc(F)ccc23)cc1. The number of hydrogen-bond donors (Lipinski definition) is 1. The summed E-state index contributed by atoms with van der Waals surface area (Å²) >= 11 is 0. The quantitative estimate of drug-likeness (QED) is 0.383. The zero-order valence-electron chi connectivity index (χ0n) is 21.9. The maximum absolute atomic E-state index is 14.8. The minimum Gasteiger partial charge on any atom is -0.335 e. The number of fused-ring (bicyclic) bond motifs is 1. The van der Waals surface area contributed by atoms with Crippen LogP contribution in [-0.2, 0) is 0 Å². The van der Waals surface area contributed by atoms with Crippen molar-refractivity contribution in [3.8, 4) is 11.1 Å². The van der Waals surface area contributed by atoms with Crippen LogP contribution in [0.4, 0.5) is 15.0 Å². The molecule has 0 radical (unpaired) electrons. The third-order valence-corrected chi connectivity index (χ3v) is 8.60. The summed E-state index contributed by atoms with van der Waals surface area (Å²) in [6.45, 7) is 2.09. The molecule has 4 nitrogen and oxygen atoms in total. The fourth-order valence-corrected chi connectivity index (χ4v) is 6.41. The van der Waals surface area contributed by atoms with E-state index in [0.717, 1.165) is 91.8 Å². The lowest BCUT2D eigenvalue weighted by molar-refractivity contribution is 0.233. The van der Waals surface area contributed by atoms with E-state index in [-0.39, 0.29) is 23.9 Å². The standard InChI is InChI=1S/C32H38FN3O/c1-21-12-14-22(15-13-21)29-27-19-18-24(33)20-28(27)31(35-30(29)23-16-17-23)36(26-10-6-3-7-11-26)32(37)34-25-8-4-2-5-9-25/h12-15,18-20,23,25-26H,2-11,16-17H2,1H3,(H,34,37). The second-order valence-corrected chi connectivity index (χ2v) is 11.5. The Hall–Kier alpha value is -2.95. The summed E-state index contributed by atoms with van der Waals surface area (Å²) in [7, 11) is 0. The Balaban J connectivity index is 1.52. The summed E-state index contributed by atoms with van der Waals surface area (Å²) in [5, 5.41) is 5.09. The maximum Gasteiger partial charge on any atom is 0.323 e. The summed E-state index contributed by atoms with van der Waals surface area (Å²) < 4.78 is 14.8. The molecule has 194 valence electrons. The molecule has 37 heavy (non-hydrogen) atoms. The van der Waals surface area contributed by atoms with Crippen molar-refractivity contribution in [3.63, 3.8) is 0 Å². The van der Waals surface area contributed by atoms with Gasteiger partial charge in [-0.15, -0.1) is 0 Å². The van der Waals surface area contributed by atoms with Crippen LogP contribution >= 0.6 is 0 Å². The number of carbonyl (C=O) groups is 1. The molecular weight excluding hydrogens is 461 g/mol. The number of pyridine rings is 1. The van der Waals surface area contributed by atoms with E-state index < -0.39 is 0 Å². The van der Waals surface area contributed by atoms with Crippen molar-refractivity contribution in [1.82, 2.24) is 10.3 Å². The van der Waals surface area contributed by atoms with Gasteiger partial charge >= 0.3 is 6.03 Å². The van der Waals surface area contributed by atoms with Crippen LogP contribution in [0.15, 0.2) is 42.5 Å². The first-order valence-electron chi connectivity index (χ1n) is 14.4. The fourth-order valence-electron chi connectivity index (χ4n) is 6.41. The van der Waals surface area contributed by atoms with Crippen molar-refractivity contribution in [2.75, 3.05) is 4.90 Å². The van der Waals surface area contributed by atoms with Gasteiger partial charge in [0.15, 0.2) is 0 Å². The van der Waals surface area contributed by atoms with Gasteiger partial charge in [0.2, 0.25) is 0 Å². The molecule has 1 N–H and O–H groups in total. The largest absolute Gasteiger partial charge is 0.335 e. The number of benzene rings is 2. The number of amides is 2. The molecule has 3 saturated carbocycles. The van der Waals surface area contributed by atoms with Crippen molar-refractivity contribution in [2.24, 2.45) is 0 Å². The van der Waals surface area contributed by atoms with Crippen LogP contribution in [0.5, 0.6) is 0 Å². The van der Waals surface area contributed by atoms with E-state index in [9.17, 15) is 9.18 Å². The van der Waals surface area contributed by atoms with Gasteiger partial charge in [-0.25, -0.2) is 14.2 Å². The molecule has 0 unspecified atom stereocenters. The molecule has 5 heteroatoms. The van der Waals surface area contributed by atoms with E-state index in [0.29, 0.717) is 11.7 Å². The number of rotatable bonds is 5. The highest BCUT2D eigenvalue weighted by molar-refractivity contribution is 6.07. The van der Waals surface area contributed by atoms with E-state index in [1.165, 1.54) is 18.4 Å². The molecular formula is C32H38FN3O. The minimum absolute atomic E-state index is 0.0540. The van der Waals surface area contributed by atoms with Gasteiger partial charge in [0, 0.05) is 29.0 Å². The smallest absolute Gasteiger partial charge is 0.323 e. The third kappa shape index (κ3) is 5.10. The molecule has 0 saturated heterocycles. The van der Waals surface area contributed by atoms with E-state index >= 15 is 0 Å². The van der Waals surface area contributed by atoms with E-state index in [1.807, 2.05) is 11.0 Å². The summed E-state index contributed by atoms with van der Waals surface area (Å²) in [4.78, 5) is 21.2. The second-order valence-electron chi connectivity index (χ2n) is 11.5. The van der Waals surface area contributed by atoms with Crippen LogP contribution in [-0.4, -0.2) is 23.1 Å². The molecule has 3 aliphatic carbocycles. The first kappa shape index (κ1) is 24.4. The summed E-state index contributed by atoms with van der Waals surface area (Å²) in [6, 6.07) is 13.8. The summed E-state index contributed by atoms with van der Waals surface area (Å²) in [5.74, 6) is 0.743. The number of halogens is 1.